The number of hydrogen-bond donors (Lipinski definition) is 2. The van der Waals surface area contributed by atoms with Gasteiger partial charge in [-0.25, -0.2) is 0 Å². The number of rotatable bonds is 3. The molecule has 0 saturated heterocycles. The second kappa shape index (κ2) is 4.94. The maximum Gasteiger partial charge on any atom is 0.122 e. The first-order valence-electron chi connectivity index (χ1n) is 6.49. The molecule has 0 spiro atoms. The summed E-state index contributed by atoms with van der Waals surface area (Å²) in [6.07, 6.45) is 0.780. The minimum absolute atomic E-state index is 0.0215. The zero-order chi connectivity index (χ0) is 13.2. The van der Waals surface area contributed by atoms with E-state index in [2.05, 4.69) is 6.07 Å². The lowest BCUT2D eigenvalue weighted by Gasteiger charge is -2.18. The van der Waals surface area contributed by atoms with Crippen molar-refractivity contribution in [3.8, 4) is 11.5 Å². The van der Waals surface area contributed by atoms with Crippen molar-refractivity contribution in [2.75, 3.05) is 6.61 Å². The Kier molecular flexibility index (Phi) is 3.13. The summed E-state index contributed by atoms with van der Waals surface area (Å²) < 4.78 is 5.67. The molecule has 98 valence electrons. The summed E-state index contributed by atoms with van der Waals surface area (Å²) >= 11 is 0. The zero-order valence-electron chi connectivity index (χ0n) is 10.6. The molecule has 0 radical (unpaired) electrons. The second-order valence-electron chi connectivity index (χ2n) is 4.99. The number of phenols is 1. The summed E-state index contributed by atoms with van der Waals surface area (Å²) in [5.74, 6) is 1.48. The molecule has 1 heterocycles. The molecule has 2 atom stereocenters. The van der Waals surface area contributed by atoms with E-state index in [1.807, 2.05) is 30.3 Å². The summed E-state index contributed by atoms with van der Waals surface area (Å²) in [4.78, 5) is 0. The van der Waals surface area contributed by atoms with E-state index in [1.54, 1.807) is 12.1 Å². The SMILES string of the molecule is NC(Cc1ccc(O)cc1)C1COc2ccccc21. The molecule has 0 amide bonds. The summed E-state index contributed by atoms with van der Waals surface area (Å²) in [5.41, 5.74) is 8.66. The minimum Gasteiger partial charge on any atom is -0.508 e. The van der Waals surface area contributed by atoms with Crippen molar-refractivity contribution in [3.63, 3.8) is 0 Å². The van der Waals surface area contributed by atoms with Crippen LogP contribution < -0.4 is 10.5 Å². The molecule has 0 aromatic heterocycles. The van der Waals surface area contributed by atoms with Gasteiger partial charge in [-0.15, -0.1) is 0 Å². The third-order valence-corrected chi connectivity index (χ3v) is 3.66. The minimum atomic E-state index is 0.0215. The normalized spacial score (nSPS) is 18.7. The summed E-state index contributed by atoms with van der Waals surface area (Å²) in [6, 6.07) is 15.3. The van der Waals surface area contributed by atoms with Crippen LogP contribution in [-0.2, 0) is 6.42 Å². The van der Waals surface area contributed by atoms with Gasteiger partial charge in [-0.05, 0) is 30.2 Å². The van der Waals surface area contributed by atoms with Crippen LogP contribution in [0.2, 0.25) is 0 Å². The number of benzene rings is 2. The molecule has 1 aliphatic heterocycles. The fourth-order valence-electron chi connectivity index (χ4n) is 2.59. The number of phenolic OH excluding ortho intramolecular Hbond substituents is 1. The Balaban J connectivity index is 1.75. The third kappa shape index (κ3) is 2.42. The van der Waals surface area contributed by atoms with Crippen molar-refractivity contribution in [2.24, 2.45) is 5.73 Å². The molecule has 2 unspecified atom stereocenters. The fraction of sp³-hybridized carbons (Fsp3) is 0.250. The summed E-state index contributed by atoms with van der Waals surface area (Å²) in [6.45, 7) is 0.651. The van der Waals surface area contributed by atoms with Crippen LogP contribution in [-0.4, -0.2) is 17.8 Å². The smallest absolute Gasteiger partial charge is 0.122 e. The van der Waals surface area contributed by atoms with Crippen molar-refractivity contribution >= 4 is 0 Å². The van der Waals surface area contributed by atoms with E-state index in [-0.39, 0.29) is 17.7 Å². The summed E-state index contributed by atoms with van der Waals surface area (Å²) in [5, 5.41) is 9.28. The molecule has 0 aliphatic carbocycles. The number of para-hydroxylation sites is 1. The molecule has 2 aromatic rings. The molecule has 1 aliphatic rings. The molecule has 3 nitrogen and oxygen atoms in total. The second-order valence-corrected chi connectivity index (χ2v) is 4.99. The maximum atomic E-state index is 9.28. The number of fused-ring (bicyclic) bond motifs is 1. The first kappa shape index (κ1) is 12.1. The van der Waals surface area contributed by atoms with Crippen molar-refractivity contribution in [3.05, 3.63) is 59.7 Å². The highest BCUT2D eigenvalue weighted by molar-refractivity contribution is 5.41. The van der Waals surface area contributed by atoms with Crippen LogP contribution in [0, 0.1) is 0 Å². The zero-order valence-corrected chi connectivity index (χ0v) is 10.6. The van der Waals surface area contributed by atoms with Crippen molar-refractivity contribution < 1.29 is 9.84 Å². The Morgan fingerprint density at radius 1 is 1.16 bits per heavy atom. The predicted octanol–water partition coefficient (Wildman–Crippen LogP) is 2.44. The molecule has 0 bridgehead atoms. The van der Waals surface area contributed by atoms with Gasteiger partial charge < -0.3 is 15.6 Å². The van der Waals surface area contributed by atoms with Crippen LogP contribution in [0.4, 0.5) is 0 Å². The van der Waals surface area contributed by atoms with E-state index in [0.29, 0.717) is 6.61 Å². The fourth-order valence-corrected chi connectivity index (χ4v) is 2.59. The molecule has 3 rings (SSSR count). The van der Waals surface area contributed by atoms with Gasteiger partial charge >= 0.3 is 0 Å². The lowest BCUT2D eigenvalue weighted by molar-refractivity contribution is 0.313. The average Bonchev–Trinajstić information content (AvgIpc) is 2.85. The van der Waals surface area contributed by atoms with Crippen LogP contribution in [0.25, 0.3) is 0 Å². The van der Waals surface area contributed by atoms with E-state index < -0.39 is 0 Å². The van der Waals surface area contributed by atoms with Gasteiger partial charge in [0.1, 0.15) is 11.5 Å². The van der Waals surface area contributed by atoms with Crippen molar-refractivity contribution in [1.82, 2.24) is 0 Å². The van der Waals surface area contributed by atoms with Gasteiger partial charge in [0, 0.05) is 17.5 Å². The quantitative estimate of drug-likeness (QED) is 0.885. The van der Waals surface area contributed by atoms with Gasteiger partial charge in [0.15, 0.2) is 0 Å². The highest BCUT2D eigenvalue weighted by Crippen LogP contribution is 2.35. The van der Waals surface area contributed by atoms with Crippen LogP contribution in [0.3, 0.4) is 0 Å². The highest BCUT2D eigenvalue weighted by Gasteiger charge is 2.28. The van der Waals surface area contributed by atoms with E-state index in [0.717, 1.165) is 17.7 Å². The topological polar surface area (TPSA) is 55.5 Å². The van der Waals surface area contributed by atoms with Crippen molar-refractivity contribution in [1.29, 1.82) is 0 Å². The highest BCUT2D eigenvalue weighted by atomic mass is 16.5. The number of ether oxygens (including phenoxy) is 1. The Hall–Kier alpha value is -2.00. The molecule has 2 aromatic carbocycles. The van der Waals surface area contributed by atoms with Crippen LogP contribution >= 0.6 is 0 Å². The van der Waals surface area contributed by atoms with Crippen LogP contribution in [0.15, 0.2) is 48.5 Å². The van der Waals surface area contributed by atoms with E-state index in [4.69, 9.17) is 10.5 Å². The molecule has 3 N–H and O–H groups in total. The van der Waals surface area contributed by atoms with Gasteiger partial charge in [0.2, 0.25) is 0 Å². The van der Waals surface area contributed by atoms with Gasteiger partial charge in [0.25, 0.3) is 0 Å². The molecule has 19 heavy (non-hydrogen) atoms. The Morgan fingerprint density at radius 2 is 1.89 bits per heavy atom. The van der Waals surface area contributed by atoms with E-state index >= 15 is 0 Å². The van der Waals surface area contributed by atoms with E-state index in [1.165, 1.54) is 5.56 Å². The van der Waals surface area contributed by atoms with Crippen LogP contribution in [0.1, 0.15) is 17.0 Å². The van der Waals surface area contributed by atoms with Gasteiger partial charge in [-0.1, -0.05) is 30.3 Å². The lowest BCUT2D eigenvalue weighted by Crippen LogP contribution is -2.31. The molecular formula is C16H17NO2. The van der Waals surface area contributed by atoms with Gasteiger partial charge in [0.05, 0.1) is 6.61 Å². The largest absolute Gasteiger partial charge is 0.508 e. The lowest BCUT2D eigenvalue weighted by atomic mass is 9.90. The summed E-state index contributed by atoms with van der Waals surface area (Å²) in [7, 11) is 0. The van der Waals surface area contributed by atoms with Gasteiger partial charge in [-0.3, -0.25) is 0 Å². The monoisotopic (exact) mass is 255 g/mol. The van der Waals surface area contributed by atoms with Crippen LogP contribution in [0.5, 0.6) is 11.5 Å². The number of nitrogens with two attached hydrogens (primary N) is 1. The molecular weight excluding hydrogens is 238 g/mol. The molecule has 0 saturated carbocycles. The van der Waals surface area contributed by atoms with E-state index in [9.17, 15) is 5.11 Å². The number of aromatic hydroxyl groups is 1. The first-order valence-corrected chi connectivity index (χ1v) is 6.49. The standard InChI is InChI=1S/C16H17NO2/c17-15(9-11-5-7-12(18)8-6-11)14-10-19-16-4-2-1-3-13(14)16/h1-8,14-15,18H,9-10,17H2. The third-order valence-electron chi connectivity index (χ3n) is 3.66. The Morgan fingerprint density at radius 3 is 2.68 bits per heavy atom. The van der Waals surface area contributed by atoms with Gasteiger partial charge in [-0.2, -0.15) is 0 Å². The Bertz CT molecular complexity index is 565. The average molecular weight is 255 g/mol. The maximum absolute atomic E-state index is 9.28. The predicted molar refractivity (Wildman–Crippen MR) is 74.5 cm³/mol. The van der Waals surface area contributed by atoms with Crippen molar-refractivity contribution in [2.45, 2.75) is 18.4 Å². The molecule has 3 heteroatoms. The number of hydrogen-bond acceptors (Lipinski definition) is 3. The Labute approximate surface area is 112 Å². The molecule has 0 fully saturated rings. The first-order chi connectivity index (χ1) is 9.24.